The van der Waals surface area contributed by atoms with Crippen molar-refractivity contribution in [2.75, 3.05) is 39.0 Å². The van der Waals surface area contributed by atoms with Gasteiger partial charge in [-0.25, -0.2) is 0 Å². The van der Waals surface area contributed by atoms with E-state index in [1.54, 1.807) is 0 Å². The minimum atomic E-state index is 0.454. The Hall–Kier alpha value is -1.52. The van der Waals surface area contributed by atoms with Crippen LogP contribution in [0.3, 0.4) is 0 Å². The number of anilines is 1. The number of hydrogen-bond acceptors (Lipinski definition) is 3. The Bertz CT molecular complexity index is 621. The second kappa shape index (κ2) is 5.70. The van der Waals surface area contributed by atoms with Crippen molar-refractivity contribution in [1.82, 2.24) is 14.4 Å². The Kier molecular flexibility index (Phi) is 3.91. The molecule has 0 aliphatic carbocycles. The third-order valence-electron chi connectivity index (χ3n) is 4.49. The third kappa shape index (κ3) is 2.92. The molecule has 1 aliphatic heterocycles. The summed E-state index contributed by atoms with van der Waals surface area (Å²) >= 11 is 0. The number of hydrogen-bond donors (Lipinski definition) is 1. The van der Waals surface area contributed by atoms with Crippen molar-refractivity contribution in [3.05, 3.63) is 30.0 Å². The Morgan fingerprint density at radius 3 is 2.52 bits per heavy atom. The van der Waals surface area contributed by atoms with Gasteiger partial charge in [-0.1, -0.05) is 6.07 Å². The Labute approximate surface area is 127 Å². The van der Waals surface area contributed by atoms with Crippen LogP contribution in [0.25, 0.3) is 10.9 Å². The van der Waals surface area contributed by atoms with Crippen molar-refractivity contribution < 1.29 is 0 Å². The number of benzene rings is 1. The molecular weight excluding hydrogens is 260 g/mol. The van der Waals surface area contributed by atoms with Crippen molar-refractivity contribution in [3.63, 3.8) is 0 Å². The van der Waals surface area contributed by atoms with E-state index < -0.39 is 0 Å². The van der Waals surface area contributed by atoms with Crippen LogP contribution < -0.4 is 5.73 Å². The number of nitrogens with two attached hydrogens (primary N) is 1. The molecular formula is C17H26N4. The first kappa shape index (κ1) is 14.4. The third-order valence-corrected chi connectivity index (χ3v) is 4.49. The Morgan fingerprint density at radius 1 is 1.14 bits per heavy atom. The molecule has 0 spiro atoms. The molecule has 1 aliphatic rings. The first-order chi connectivity index (χ1) is 10.0. The first-order valence-corrected chi connectivity index (χ1v) is 7.84. The highest BCUT2D eigenvalue weighted by molar-refractivity contribution is 5.86. The van der Waals surface area contributed by atoms with Gasteiger partial charge in [-0.2, -0.15) is 0 Å². The van der Waals surface area contributed by atoms with Crippen LogP contribution in [0.1, 0.15) is 25.5 Å². The topological polar surface area (TPSA) is 37.4 Å². The van der Waals surface area contributed by atoms with Gasteiger partial charge in [0.2, 0.25) is 0 Å². The van der Waals surface area contributed by atoms with Crippen LogP contribution in [-0.4, -0.2) is 47.6 Å². The quantitative estimate of drug-likeness (QED) is 0.881. The van der Waals surface area contributed by atoms with Gasteiger partial charge in [-0.3, -0.25) is 4.90 Å². The molecule has 4 nitrogen and oxygen atoms in total. The van der Waals surface area contributed by atoms with E-state index in [2.05, 4.69) is 53.6 Å². The van der Waals surface area contributed by atoms with Gasteiger partial charge < -0.3 is 15.2 Å². The van der Waals surface area contributed by atoms with E-state index in [1.807, 2.05) is 6.07 Å². The number of nitrogen functional groups attached to an aromatic ring is 1. The minimum Gasteiger partial charge on any atom is -0.399 e. The van der Waals surface area contributed by atoms with Gasteiger partial charge in [0.25, 0.3) is 0 Å². The smallest absolute Gasteiger partial charge is 0.0506 e. The lowest BCUT2D eigenvalue weighted by Crippen LogP contribution is -2.43. The van der Waals surface area contributed by atoms with Gasteiger partial charge in [0, 0.05) is 56.0 Å². The molecule has 0 unspecified atom stereocenters. The van der Waals surface area contributed by atoms with Gasteiger partial charge >= 0.3 is 0 Å². The average molecular weight is 286 g/mol. The molecule has 2 heterocycles. The van der Waals surface area contributed by atoms with E-state index in [9.17, 15) is 0 Å². The zero-order valence-electron chi connectivity index (χ0n) is 13.3. The zero-order chi connectivity index (χ0) is 15.0. The first-order valence-electron chi connectivity index (χ1n) is 7.84. The maximum absolute atomic E-state index is 5.97. The van der Waals surface area contributed by atoms with Crippen LogP contribution in [0.5, 0.6) is 0 Å². The van der Waals surface area contributed by atoms with Gasteiger partial charge in [-0.05, 0) is 38.6 Å². The highest BCUT2D eigenvalue weighted by Gasteiger charge is 2.17. The van der Waals surface area contributed by atoms with Crippen LogP contribution in [-0.2, 0) is 6.54 Å². The summed E-state index contributed by atoms with van der Waals surface area (Å²) in [5.74, 6) is 0. The van der Waals surface area contributed by atoms with E-state index in [-0.39, 0.29) is 0 Å². The molecule has 1 aromatic heterocycles. The van der Waals surface area contributed by atoms with Gasteiger partial charge in [-0.15, -0.1) is 0 Å². The van der Waals surface area contributed by atoms with Crippen molar-refractivity contribution in [1.29, 1.82) is 0 Å². The van der Waals surface area contributed by atoms with Crippen molar-refractivity contribution >= 4 is 16.6 Å². The summed E-state index contributed by atoms with van der Waals surface area (Å²) < 4.78 is 2.34. The predicted octanol–water partition coefficient (Wildman–Crippen LogP) is 2.55. The minimum absolute atomic E-state index is 0.454. The van der Waals surface area contributed by atoms with Crippen molar-refractivity contribution in [3.8, 4) is 0 Å². The fourth-order valence-corrected chi connectivity index (χ4v) is 3.14. The van der Waals surface area contributed by atoms with E-state index in [4.69, 9.17) is 5.73 Å². The number of piperazine rings is 1. The average Bonchev–Trinajstić information content (AvgIpc) is 2.79. The molecule has 1 aromatic carbocycles. The van der Waals surface area contributed by atoms with E-state index in [0.29, 0.717) is 6.04 Å². The van der Waals surface area contributed by atoms with Gasteiger partial charge in [0.15, 0.2) is 0 Å². The Balaban J connectivity index is 1.91. The summed E-state index contributed by atoms with van der Waals surface area (Å²) in [6.07, 6.45) is 2.31. The number of fused-ring (bicyclic) bond motifs is 1. The summed E-state index contributed by atoms with van der Waals surface area (Å²) in [6, 6.07) is 6.74. The molecule has 0 bridgehead atoms. The molecule has 0 amide bonds. The monoisotopic (exact) mass is 286 g/mol. The normalized spacial score (nSPS) is 17.9. The predicted molar refractivity (Wildman–Crippen MR) is 89.5 cm³/mol. The van der Waals surface area contributed by atoms with Crippen LogP contribution in [0.15, 0.2) is 24.4 Å². The maximum atomic E-state index is 5.97. The van der Waals surface area contributed by atoms with Crippen LogP contribution in [0.2, 0.25) is 0 Å². The molecule has 3 rings (SSSR count). The summed E-state index contributed by atoms with van der Waals surface area (Å²) in [4.78, 5) is 4.95. The van der Waals surface area contributed by atoms with Gasteiger partial charge in [0.1, 0.15) is 0 Å². The molecule has 0 radical (unpaired) electrons. The van der Waals surface area contributed by atoms with Crippen LogP contribution in [0, 0.1) is 0 Å². The molecule has 1 fully saturated rings. The number of aromatic nitrogens is 1. The largest absolute Gasteiger partial charge is 0.399 e. The van der Waals surface area contributed by atoms with Crippen molar-refractivity contribution in [2.45, 2.75) is 26.4 Å². The fraction of sp³-hybridized carbons (Fsp3) is 0.529. The lowest BCUT2D eigenvalue weighted by molar-refractivity contribution is 0.148. The van der Waals surface area contributed by atoms with E-state index in [1.165, 1.54) is 16.5 Å². The second-order valence-electron chi connectivity index (χ2n) is 6.51. The molecule has 1 saturated heterocycles. The number of likely N-dealkylation sites (N-methyl/N-ethyl adjacent to an activating group) is 1. The standard InChI is InChI=1S/C17H26N4/c1-13(2)21-12-14(11-20-8-6-19(3)7-9-20)16-5-4-15(18)10-17(16)21/h4-5,10,12-13H,6-9,11,18H2,1-3H3. The highest BCUT2D eigenvalue weighted by atomic mass is 15.2. The summed E-state index contributed by atoms with van der Waals surface area (Å²) in [5, 5.41) is 1.34. The van der Waals surface area contributed by atoms with E-state index >= 15 is 0 Å². The molecule has 0 atom stereocenters. The lowest BCUT2D eigenvalue weighted by atomic mass is 10.1. The number of nitrogens with zero attached hydrogens (tertiary/aromatic N) is 3. The summed E-state index contributed by atoms with van der Waals surface area (Å²) in [5.41, 5.74) is 9.49. The van der Waals surface area contributed by atoms with E-state index in [0.717, 1.165) is 38.4 Å². The Morgan fingerprint density at radius 2 is 1.86 bits per heavy atom. The van der Waals surface area contributed by atoms with Gasteiger partial charge in [0.05, 0.1) is 5.52 Å². The summed E-state index contributed by atoms with van der Waals surface area (Å²) in [6.45, 7) is 10.1. The SMILES string of the molecule is CC(C)n1cc(CN2CCN(C)CC2)c2ccc(N)cc21. The molecule has 0 saturated carbocycles. The molecule has 4 heteroatoms. The second-order valence-corrected chi connectivity index (χ2v) is 6.51. The molecule has 2 aromatic rings. The molecule has 2 N–H and O–H groups in total. The van der Waals surface area contributed by atoms with Crippen LogP contribution in [0.4, 0.5) is 5.69 Å². The number of rotatable bonds is 3. The van der Waals surface area contributed by atoms with Crippen LogP contribution >= 0.6 is 0 Å². The summed E-state index contributed by atoms with van der Waals surface area (Å²) in [7, 11) is 2.20. The van der Waals surface area contributed by atoms with Crippen molar-refractivity contribution in [2.24, 2.45) is 0 Å². The fourth-order valence-electron chi connectivity index (χ4n) is 3.14. The lowest BCUT2D eigenvalue weighted by Gasteiger charge is -2.32. The molecule has 21 heavy (non-hydrogen) atoms. The molecule has 114 valence electrons. The zero-order valence-corrected chi connectivity index (χ0v) is 13.3. The maximum Gasteiger partial charge on any atom is 0.0506 e. The highest BCUT2D eigenvalue weighted by Crippen LogP contribution is 2.27.